The molecule has 26 heavy (non-hydrogen) atoms. The van der Waals surface area contributed by atoms with Gasteiger partial charge in [0.2, 0.25) is 10.0 Å². The molecule has 7 heteroatoms. The van der Waals surface area contributed by atoms with Gasteiger partial charge in [-0.25, -0.2) is 8.42 Å². The topological polar surface area (TPSA) is 71.4 Å². The minimum atomic E-state index is -3.67. The van der Waals surface area contributed by atoms with E-state index in [1.807, 2.05) is 18.2 Å². The highest BCUT2D eigenvalue weighted by Crippen LogP contribution is 2.45. The quantitative estimate of drug-likeness (QED) is 0.874. The molecule has 0 aliphatic heterocycles. The summed E-state index contributed by atoms with van der Waals surface area (Å²) in [6, 6.07) is 9.51. The standard InChI is InChI=1S/C19H23N3O3S/c1-20-19(23)18-11-15(12-21(18)2)26(24,25)22(14-8-9-14)17-10-7-13-5-3-4-6-16(13)17/h3-6,11-12,14,17H,7-10H2,1-2H3,(H,20,23). The van der Waals surface area contributed by atoms with Crippen LogP contribution < -0.4 is 5.32 Å². The molecule has 0 radical (unpaired) electrons. The van der Waals surface area contributed by atoms with Crippen molar-refractivity contribution in [2.24, 2.45) is 7.05 Å². The van der Waals surface area contributed by atoms with Gasteiger partial charge in [-0.05, 0) is 42.9 Å². The molecule has 2 aliphatic carbocycles. The zero-order chi connectivity index (χ0) is 18.5. The van der Waals surface area contributed by atoms with Crippen molar-refractivity contribution in [2.75, 3.05) is 7.05 Å². The van der Waals surface area contributed by atoms with E-state index in [0.717, 1.165) is 31.2 Å². The fourth-order valence-electron chi connectivity index (χ4n) is 3.90. The Balaban J connectivity index is 1.75. The number of fused-ring (bicyclic) bond motifs is 1. The molecule has 138 valence electrons. The number of sulfonamides is 1. The number of aromatic nitrogens is 1. The molecule has 1 heterocycles. The number of rotatable bonds is 5. The van der Waals surface area contributed by atoms with Crippen molar-refractivity contribution in [2.45, 2.75) is 42.7 Å². The average molecular weight is 373 g/mol. The van der Waals surface area contributed by atoms with Crippen molar-refractivity contribution < 1.29 is 13.2 Å². The number of carbonyl (C=O) groups excluding carboxylic acids is 1. The van der Waals surface area contributed by atoms with Crippen molar-refractivity contribution >= 4 is 15.9 Å². The maximum Gasteiger partial charge on any atom is 0.267 e. The molecule has 0 spiro atoms. The summed E-state index contributed by atoms with van der Waals surface area (Å²) < 4.78 is 30.2. The molecular formula is C19H23N3O3S. The molecule has 1 saturated carbocycles. The Hall–Kier alpha value is -2.12. The minimum Gasteiger partial charge on any atom is -0.354 e. The minimum absolute atomic E-state index is 0.0554. The lowest BCUT2D eigenvalue weighted by molar-refractivity contribution is 0.0955. The predicted octanol–water partition coefficient (Wildman–Crippen LogP) is 2.23. The van der Waals surface area contributed by atoms with Gasteiger partial charge in [0.25, 0.3) is 5.91 Å². The maximum absolute atomic E-state index is 13.5. The van der Waals surface area contributed by atoms with Crippen molar-refractivity contribution in [1.29, 1.82) is 0 Å². The van der Waals surface area contributed by atoms with E-state index in [2.05, 4.69) is 11.4 Å². The van der Waals surface area contributed by atoms with Gasteiger partial charge in [-0.15, -0.1) is 0 Å². The number of hydrogen-bond acceptors (Lipinski definition) is 3. The highest BCUT2D eigenvalue weighted by Gasteiger charge is 2.45. The fourth-order valence-corrected chi connectivity index (χ4v) is 5.85. The first-order chi connectivity index (χ1) is 12.4. The van der Waals surface area contributed by atoms with Crippen molar-refractivity contribution in [3.8, 4) is 0 Å². The molecule has 1 aromatic carbocycles. The van der Waals surface area contributed by atoms with E-state index in [-0.39, 0.29) is 22.9 Å². The van der Waals surface area contributed by atoms with Gasteiger partial charge in [0, 0.05) is 26.3 Å². The molecule has 1 unspecified atom stereocenters. The second-order valence-corrected chi connectivity index (χ2v) is 8.91. The van der Waals surface area contributed by atoms with Gasteiger partial charge in [0.15, 0.2) is 0 Å². The molecule has 4 rings (SSSR count). The van der Waals surface area contributed by atoms with E-state index in [0.29, 0.717) is 5.69 Å². The molecule has 1 atom stereocenters. The molecule has 2 aromatic rings. The van der Waals surface area contributed by atoms with Crippen LogP contribution in [0.15, 0.2) is 41.4 Å². The van der Waals surface area contributed by atoms with Crippen LogP contribution >= 0.6 is 0 Å². The summed E-state index contributed by atoms with van der Waals surface area (Å²) in [5.74, 6) is -0.293. The van der Waals surface area contributed by atoms with Crippen LogP contribution in [0.2, 0.25) is 0 Å². The Morgan fingerprint density at radius 1 is 1.23 bits per heavy atom. The Kier molecular flexibility index (Phi) is 4.16. The van der Waals surface area contributed by atoms with E-state index in [4.69, 9.17) is 0 Å². The molecular weight excluding hydrogens is 350 g/mol. The molecule has 1 fully saturated rings. The van der Waals surface area contributed by atoms with Gasteiger partial charge in [-0.1, -0.05) is 24.3 Å². The summed E-state index contributed by atoms with van der Waals surface area (Å²) in [4.78, 5) is 12.2. The first-order valence-corrected chi connectivity index (χ1v) is 10.4. The van der Waals surface area contributed by atoms with Crippen molar-refractivity contribution in [3.63, 3.8) is 0 Å². The molecule has 1 amide bonds. The van der Waals surface area contributed by atoms with Gasteiger partial charge in [0.1, 0.15) is 10.6 Å². The van der Waals surface area contributed by atoms with E-state index >= 15 is 0 Å². The summed E-state index contributed by atoms with van der Waals surface area (Å²) in [5.41, 5.74) is 2.69. The van der Waals surface area contributed by atoms with Crippen LogP contribution in [-0.4, -0.2) is 36.3 Å². The zero-order valence-electron chi connectivity index (χ0n) is 15.0. The third kappa shape index (κ3) is 2.75. The van der Waals surface area contributed by atoms with E-state index in [9.17, 15) is 13.2 Å². The van der Waals surface area contributed by atoms with Gasteiger partial charge in [-0.3, -0.25) is 4.79 Å². The highest BCUT2D eigenvalue weighted by molar-refractivity contribution is 7.89. The molecule has 0 bridgehead atoms. The third-order valence-corrected chi connectivity index (χ3v) is 7.26. The Morgan fingerprint density at radius 2 is 1.96 bits per heavy atom. The van der Waals surface area contributed by atoms with Crippen LogP contribution in [0.5, 0.6) is 0 Å². The molecule has 1 aromatic heterocycles. The van der Waals surface area contributed by atoms with Gasteiger partial charge >= 0.3 is 0 Å². The normalized spacial score (nSPS) is 19.6. The summed E-state index contributed by atoms with van der Waals surface area (Å²) in [5, 5.41) is 2.55. The zero-order valence-corrected chi connectivity index (χ0v) is 15.8. The Morgan fingerprint density at radius 3 is 2.65 bits per heavy atom. The van der Waals surface area contributed by atoms with Gasteiger partial charge in [0.05, 0.1) is 6.04 Å². The van der Waals surface area contributed by atoms with Gasteiger partial charge in [-0.2, -0.15) is 4.31 Å². The number of aryl methyl sites for hydroxylation is 2. The van der Waals surface area contributed by atoms with E-state index in [1.54, 1.807) is 15.9 Å². The van der Waals surface area contributed by atoms with Gasteiger partial charge < -0.3 is 9.88 Å². The summed E-state index contributed by atoms with van der Waals surface area (Å²) >= 11 is 0. The van der Waals surface area contributed by atoms with Crippen LogP contribution in [-0.2, 0) is 23.5 Å². The fraction of sp³-hybridized carbons (Fsp3) is 0.421. The molecule has 2 aliphatic rings. The average Bonchev–Trinajstić information content (AvgIpc) is 3.24. The predicted molar refractivity (Wildman–Crippen MR) is 98.4 cm³/mol. The summed E-state index contributed by atoms with van der Waals surface area (Å²) in [6.07, 6.45) is 5.04. The first-order valence-electron chi connectivity index (χ1n) is 8.93. The number of benzene rings is 1. The van der Waals surface area contributed by atoms with Crippen LogP contribution in [0, 0.1) is 0 Å². The second-order valence-electron chi connectivity index (χ2n) is 7.07. The molecule has 1 N–H and O–H groups in total. The highest BCUT2D eigenvalue weighted by atomic mass is 32.2. The smallest absolute Gasteiger partial charge is 0.267 e. The number of hydrogen-bond donors (Lipinski definition) is 1. The summed E-state index contributed by atoms with van der Waals surface area (Å²) in [6.45, 7) is 0. The molecule has 0 saturated heterocycles. The number of nitrogens with zero attached hydrogens (tertiary/aromatic N) is 2. The largest absolute Gasteiger partial charge is 0.354 e. The van der Waals surface area contributed by atoms with Crippen LogP contribution in [0.1, 0.15) is 46.9 Å². The second kappa shape index (κ2) is 6.25. The van der Waals surface area contributed by atoms with E-state index < -0.39 is 10.0 Å². The number of nitrogens with one attached hydrogen (secondary N) is 1. The Labute approximate surface area is 153 Å². The van der Waals surface area contributed by atoms with Crippen LogP contribution in [0.4, 0.5) is 0 Å². The maximum atomic E-state index is 13.5. The third-order valence-electron chi connectivity index (χ3n) is 5.33. The SMILES string of the molecule is CNC(=O)c1cc(S(=O)(=O)N(C2CC2)C2CCc3ccccc32)cn1C. The van der Waals surface area contributed by atoms with Crippen molar-refractivity contribution in [1.82, 2.24) is 14.2 Å². The Bertz CT molecular complexity index is 960. The lowest BCUT2D eigenvalue weighted by Crippen LogP contribution is -2.35. The lowest BCUT2D eigenvalue weighted by atomic mass is 10.1. The van der Waals surface area contributed by atoms with Crippen LogP contribution in [0.25, 0.3) is 0 Å². The van der Waals surface area contributed by atoms with E-state index in [1.165, 1.54) is 24.9 Å². The summed E-state index contributed by atoms with van der Waals surface area (Å²) in [7, 11) is -0.447. The lowest BCUT2D eigenvalue weighted by Gasteiger charge is -2.28. The monoisotopic (exact) mass is 373 g/mol. The van der Waals surface area contributed by atoms with Crippen molar-refractivity contribution in [3.05, 3.63) is 53.3 Å². The number of amides is 1. The first kappa shape index (κ1) is 17.3. The molecule has 6 nitrogen and oxygen atoms in total. The van der Waals surface area contributed by atoms with Crippen LogP contribution in [0.3, 0.4) is 0 Å². The number of carbonyl (C=O) groups is 1.